The van der Waals surface area contributed by atoms with Gasteiger partial charge in [0.05, 0.1) is 11.8 Å². The van der Waals surface area contributed by atoms with Crippen LogP contribution < -0.4 is 10.6 Å². The van der Waals surface area contributed by atoms with E-state index >= 15 is 0 Å². The number of nitrogens with zero attached hydrogens (tertiary/aromatic N) is 1. The van der Waals surface area contributed by atoms with Crippen molar-refractivity contribution in [1.82, 2.24) is 15.5 Å². The smallest absolute Gasteiger partial charge is 0.413 e. The van der Waals surface area contributed by atoms with Crippen molar-refractivity contribution in [2.75, 3.05) is 5.32 Å². The second-order valence-corrected chi connectivity index (χ2v) is 6.65. The molecule has 1 unspecified atom stereocenters. The van der Waals surface area contributed by atoms with E-state index in [9.17, 15) is 9.90 Å². The molecule has 0 fully saturated rings. The molecule has 1 rings (SSSR count). The van der Waals surface area contributed by atoms with E-state index in [1.165, 1.54) is 0 Å². The number of aliphatic hydroxyl groups is 1. The topological polar surface area (TPSA) is 99.3 Å². The molecule has 1 heterocycles. The summed E-state index contributed by atoms with van der Waals surface area (Å²) in [6.45, 7) is 11.2. The van der Waals surface area contributed by atoms with Crippen LogP contribution >= 0.6 is 0 Å². The lowest BCUT2D eigenvalue weighted by Crippen LogP contribution is -2.44. The van der Waals surface area contributed by atoms with E-state index in [0.717, 1.165) is 5.56 Å². The molecule has 0 aliphatic rings. The van der Waals surface area contributed by atoms with Crippen LogP contribution in [0, 0.1) is 0 Å². The molecular weight excluding hydrogens is 272 g/mol. The number of aromatic amines is 1. The van der Waals surface area contributed by atoms with Crippen molar-refractivity contribution in [3.63, 3.8) is 0 Å². The van der Waals surface area contributed by atoms with Gasteiger partial charge in [-0.3, -0.25) is 10.4 Å². The third kappa shape index (κ3) is 6.14. The first-order valence-electron chi connectivity index (χ1n) is 6.97. The van der Waals surface area contributed by atoms with E-state index in [1.807, 2.05) is 6.92 Å². The summed E-state index contributed by atoms with van der Waals surface area (Å²) in [6.07, 6.45) is 1.08. The van der Waals surface area contributed by atoms with Crippen molar-refractivity contribution in [1.29, 1.82) is 0 Å². The summed E-state index contributed by atoms with van der Waals surface area (Å²) in [6, 6.07) is -0.109. The molecule has 120 valence electrons. The van der Waals surface area contributed by atoms with Crippen LogP contribution in [0.1, 0.15) is 47.1 Å². The van der Waals surface area contributed by atoms with Crippen molar-refractivity contribution < 1.29 is 14.6 Å². The Balaban J connectivity index is 2.60. The molecule has 1 amide bonds. The van der Waals surface area contributed by atoms with Gasteiger partial charge in [-0.15, -0.1) is 0 Å². The molecule has 4 N–H and O–H groups in total. The molecule has 0 saturated heterocycles. The number of carbonyl (C=O) groups excluding carboxylic acids is 1. The van der Waals surface area contributed by atoms with Crippen LogP contribution in [0.3, 0.4) is 0 Å². The SMILES string of the molecule is CC(NCc1cn[nH]c1NC(=O)OC(C)(C)C)C(C)(C)O. The van der Waals surface area contributed by atoms with Gasteiger partial charge in [0.2, 0.25) is 0 Å². The maximum atomic E-state index is 11.7. The first-order chi connectivity index (χ1) is 9.49. The lowest BCUT2D eigenvalue weighted by atomic mass is 10.0. The van der Waals surface area contributed by atoms with E-state index in [2.05, 4.69) is 20.8 Å². The van der Waals surface area contributed by atoms with Gasteiger partial charge in [-0.05, 0) is 41.5 Å². The van der Waals surface area contributed by atoms with Gasteiger partial charge in [-0.2, -0.15) is 5.10 Å². The molecule has 0 aliphatic carbocycles. The van der Waals surface area contributed by atoms with E-state index in [4.69, 9.17) is 4.74 Å². The lowest BCUT2D eigenvalue weighted by molar-refractivity contribution is 0.0437. The normalized spacial score (nSPS) is 13.9. The molecule has 7 nitrogen and oxygen atoms in total. The van der Waals surface area contributed by atoms with Crippen molar-refractivity contribution in [2.45, 2.75) is 65.3 Å². The minimum Gasteiger partial charge on any atom is -0.444 e. The Morgan fingerprint density at radius 2 is 2.05 bits per heavy atom. The molecule has 0 aliphatic heterocycles. The zero-order chi connectivity index (χ0) is 16.3. The summed E-state index contributed by atoms with van der Waals surface area (Å²) < 4.78 is 5.19. The molecule has 1 atom stereocenters. The molecule has 0 bridgehead atoms. The summed E-state index contributed by atoms with van der Waals surface area (Å²) in [5, 5.41) is 22.3. The number of anilines is 1. The first-order valence-corrected chi connectivity index (χ1v) is 6.97. The fourth-order valence-electron chi connectivity index (χ4n) is 1.47. The summed E-state index contributed by atoms with van der Waals surface area (Å²) in [5.74, 6) is 0.486. The Hall–Kier alpha value is -1.60. The summed E-state index contributed by atoms with van der Waals surface area (Å²) in [4.78, 5) is 11.7. The van der Waals surface area contributed by atoms with Gasteiger partial charge in [0.15, 0.2) is 0 Å². The quantitative estimate of drug-likeness (QED) is 0.666. The molecular formula is C14H26N4O3. The maximum Gasteiger partial charge on any atom is 0.413 e. The van der Waals surface area contributed by atoms with Gasteiger partial charge >= 0.3 is 6.09 Å². The van der Waals surface area contributed by atoms with E-state index in [1.54, 1.807) is 40.8 Å². The number of hydrogen-bond donors (Lipinski definition) is 4. The second-order valence-electron chi connectivity index (χ2n) is 6.65. The predicted octanol–water partition coefficient (Wildman–Crippen LogP) is 2.01. The summed E-state index contributed by atoms with van der Waals surface area (Å²) in [7, 11) is 0. The highest BCUT2D eigenvalue weighted by molar-refractivity contribution is 5.84. The Morgan fingerprint density at radius 1 is 1.43 bits per heavy atom. The van der Waals surface area contributed by atoms with Crippen LogP contribution in [0.25, 0.3) is 0 Å². The van der Waals surface area contributed by atoms with Gasteiger partial charge in [0.25, 0.3) is 0 Å². The summed E-state index contributed by atoms with van der Waals surface area (Å²) >= 11 is 0. The number of aromatic nitrogens is 2. The average Bonchev–Trinajstić information content (AvgIpc) is 2.69. The molecule has 0 spiro atoms. The number of H-pyrrole nitrogens is 1. The van der Waals surface area contributed by atoms with Gasteiger partial charge in [0, 0.05) is 18.2 Å². The second kappa shape index (κ2) is 6.44. The summed E-state index contributed by atoms with van der Waals surface area (Å²) in [5.41, 5.74) is -0.600. The minimum atomic E-state index is -0.831. The Bertz CT molecular complexity index is 471. The third-order valence-electron chi connectivity index (χ3n) is 3.00. The van der Waals surface area contributed by atoms with Crippen LogP contribution in [-0.2, 0) is 11.3 Å². The van der Waals surface area contributed by atoms with E-state index in [-0.39, 0.29) is 6.04 Å². The number of rotatable bonds is 5. The molecule has 0 radical (unpaired) electrons. The number of amides is 1. The number of nitrogens with one attached hydrogen (secondary N) is 3. The Kier molecular flexibility index (Phi) is 5.36. The van der Waals surface area contributed by atoms with Crippen LogP contribution in [0.15, 0.2) is 6.20 Å². The van der Waals surface area contributed by atoms with Gasteiger partial charge in [-0.25, -0.2) is 4.79 Å². The number of hydrogen-bond acceptors (Lipinski definition) is 5. The molecule has 21 heavy (non-hydrogen) atoms. The molecule has 7 heteroatoms. The van der Waals surface area contributed by atoms with E-state index < -0.39 is 17.3 Å². The fourth-order valence-corrected chi connectivity index (χ4v) is 1.47. The molecule has 0 saturated carbocycles. The van der Waals surface area contributed by atoms with Gasteiger partial charge in [-0.1, -0.05) is 0 Å². The fraction of sp³-hybridized carbons (Fsp3) is 0.714. The van der Waals surface area contributed by atoms with Gasteiger partial charge in [0.1, 0.15) is 11.4 Å². The van der Waals surface area contributed by atoms with Crippen LogP contribution in [-0.4, -0.2) is 38.6 Å². The minimum absolute atomic E-state index is 0.109. The van der Waals surface area contributed by atoms with Crippen molar-refractivity contribution in [3.8, 4) is 0 Å². The zero-order valence-corrected chi connectivity index (χ0v) is 13.6. The zero-order valence-electron chi connectivity index (χ0n) is 13.6. The lowest BCUT2D eigenvalue weighted by Gasteiger charge is -2.26. The van der Waals surface area contributed by atoms with Crippen LogP contribution in [0.4, 0.5) is 10.6 Å². The number of carbonyl (C=O) groups is 1. The van der Waals surface area contributed by atoms with Crippen LogP contribution in [0.5, 0.6) is 0 Å². The standard InChI is InChI=1S/C14H26N4O3/c1-9(14(5,6)20)15-7-10-8-16-18-11(10)17-12(19)21-13(2,3)4/h8-9,15,20H,7H2,1-6H3,(H2,16,17,18,19). The largest absolute Gasteiger partial charge is 0.444 e. The maximum absolute atomic E-state index is 11.7. The Morgan fingerprint density at radius 3 is 2.57 bits per heavy atom. The monoisotopic (exact) mass is 298 g/mol. The highest BCUT2D eigenvalue weighted by Gasteiger charge is 2.22. The molecule has 1 aromatic rings. The highest BCUT2D eigenvalue weighted by Crippen LogP contribution is 2.15. The number of ether oxygens (including phenoxy) is 1. The predicted molar refractivity (Wildman–Crippen MR) is 81.0 cm³/mol. The average molecular weight is 298 g/mol. The van der Waals surface area contributed by atoms with Gasteiger partial charge < -0.3 is 15.2 Å². The van der Waals surface area contributed by atoms with Crippen molar-refractivity contribution in [3.05, 3.63) is 11.8 Å². The van der Waals surface area contributed by atoms with E-state index in [0.29, 0.717) is 12.4 Å². The first kappa shape index (κ1) is 17.5. The van der Waals surface area contributed by atoms with Crippen molar-refractivity contribution >= 4 is 11.9 Å². The molecule has 1 aromatic heterocycles. The third-order valence-corrected chi connectivity index (χ3v) is 3.00. The highest BCUT2D eigenvalue weighted by atomic mass is 16.6. The van der Waals surface area contributed by atoms with Crippen LogP contribution in [0.2, 0.25) is 0 Å². The Labute approximate surface area is 125 Å². The molecule has 0 aromatic carbocycles. The van der Waals surface area contributed by atoms with Crippen molar-refractivity contribution in [2.24, 2.45) is 0 Å².